The first-order valence-corrected chi connectivity index (χ1v) is 9.58. The van der Waals surface area contributed by atoms with Crippen molar-refractivity contribution < 1.29 is 43.2 Å². The molecule has 0 spiro atoms. The molecule has 0 aromatic rings. The van der Waals surface area contributed by atoms with Crippen LogP contribution in [0.15, 0.2) is 0 Å². The second-order valence-corrected chi connectivity index (χ2v) is 8.19. The summed E-state index contributed by atoms with van der Waals surface area (Å²) in [5, 5.41) is 0. The van der Waals surface area contributed by atoms with Crippen LogP contribution in [0.5, 0.6) is 0 Å². The predicted molar refractivity (Wildman–Crippen MR) is 75.8 cm³/mol. The molecule has 0 fully saturated rings. The van der Waals surface area contributed by atoms with Crippen LogP contribution in [0.4, 0.5) is 26.3 Å². The highest BCUT2D eigenvalue weighted by atomic mass is 32.3. The van der Waals surface area contributed by atoms with Gasteiger partial charge in [0.2, 0.25) is 0 Å². The number of unbranched alkanes of at least 4 members (excludes halogenated alkanes) is 2. The monoisotopic (exact) mass is 410 g/mol. The van der Waals surface area contributed by atoms with Gasteiger partial charge in [0, 0.05) is 0 Å². The molecular weight excluding hydrogens is 390 g/mol. The second-order valence-electron chi connectivity index (χ2n) is 4.58. The minimum absolute atomic E-state index is 0.493. The number of halogens is 6. The van der Waals surface area contributed by atoms with Gasteiger partial charge in [-0.25, -0.2) is 16.8 Å². The van der Waals surface area contributed by atoms with Crippen molar-refractivity contribution in [3.05, 3.63) is 0 Å². The van der Waals surface area contributed by atoms with Crippen LogP contribution >= 0.6 is 0 Å². The number of hydrogen-bond acceptors (Lipinski definition) is 5. The van der Waals surface area contributed by atoms with E-state index >= 15 is 0 Å². The molecule has 148 valence electrons. The van der Waals surface area contributed by atoms with Crippen LogP contribution in [0.1, 0.15) is 33.1 Å². The molecule has 0 aromatic heterocycles. The summed E-state index contributed by atoms with van der Waals surface area (Å²) in [5.41, 5.74) is -12.3. The third-order valence-electron chi connectivity index (χ3n) is 2.51. The van der Waals surface area contributed by atoms with Gasteiger partial charge in [-0.2, -0.15) is 26.3 Å². The maximum absolute atomic E-state index is 11.5. The molecule has 0 bridgehead atoms. The van der Waals surface area contributed by atoms with Crippen LogP contribution in [-0.2, 0) is 20.0 Å². The Morgan fingerprint density at radius 1 is 0.833 bits per heavy atom. The van der Waals surface area contributed by atoms with E-state index in [9.17, 15) is 43.2 Å². The fourth-order valence-electron chi connectivity index (χ4n) is 1.03. The Kier molecular flexibility index (Phi) is 10.4. The summed E-state index contributed by atoms with van der Waals surface area (Å²) in [4.78, 5) is 2.36. The molecule has 0 saturated heterocycles. The van der Waals surface area contributed by atoms with Crippen molar-refractivity contribution in [3.63, 3.8) is 0 Å². The second kappa shape index (κ2) is 9.77. The fraction of sp³-hybridized carbons (Fsp3) is 1.00. The topological polar surface area (TPSA) is 83.6 Å². The quantitative estimate of drug-likeness (QED) is 0.515. The van der Waals surface area contributed by atoms with Gasteiger partial charge < -0.3 is 4.90 Å². The molecule has 0 amide bonds. The Labute approximate surface area is 137 Å². The van der Waals surface area contributed by atoms with Crippen LogP contribution in [0.25, 0.3) is 0 Å². The lowest BCUT2D eigenvalue weighted by atomic mass is 10.2. The van der Waals surface area contributed by atoms with E-state index in [0.29, 0.717) is 0 Å². The lowest BCUT2D eigenvalue weighted by molar-refractivity contribution is -0.0476. The van der Waals surface area contributed by atoms with Crippen molar-refractivity contribution in [3.8, 4) is 0 Å². The minimum Gasteiger partial charge on any atom is -0.307 e. The van der Waals surface area contributed by atoms with Gasteiger partial charge in [0.25, 0.3) is 0 Å². The standard InChI is InChI=1S/C8H19N.C2HF6NO4S2/c1-4-6-7-8-9(3)5-2;3-1(4,5)14(10,11)9-15(12,13)2(6,7)8/h4-8H2,1-3H3;9H. The van der Waals surface area contributed by atoms with Gasteiger partial charge in [-0.15, -0.1) is 0 Å². The summed E-state index contributed by atoms with van der Waals surface area (Å²) in [6.45, 7) is 6.89. The number of alkyl halides is 6. The van der Waals surface area contributed by atoms with E-state index in [0.717, 1.165) is 0 Å². The summed E-state index contributed by atoms with van der Waals surface area (Å²) in [6, 6.07) is 0. The van der Waals surface area contributed by atoms with Gasteiger partial charge in [0.15, 0.2) is 0 Å². The van der Waals surface area contributed by atoms with E-state index < -0.39 is 35.2 Å². The molecule has 0 unspecified atom stereocenters. The van der Waals surface area contributed by atoms with Gasteiger partial charge in [0.05, 0.1) is 0 Å². The van der Waals surface area contributed by atoms with Gasteiger partial charge in [-0.3, -0.25) is 0 Å². The van der Waals surface area contributed by atoms with Gasteiger partial charge in [-0.05, 0) is 26.6 Å². The average molecular weight is 410 g/mol. The lowest BCUT2D eigenvalue weighted by Crippen LogP contribution is -2.45. The lowest BCUT2D eigenvalue weighted by Gasteiger charge is -2.12. The molecule has 0 heterocycles. The van der Waals surface area contributed by atoms with E-state index in [-0.39, 0.29) is 0 Å². The predicted octanol–water partition coefficient (Wildman–Crippen LogP) is 2.40. The van der Waals surface area contributed by atoms with Crippen LogP contribution in [0.3, 0.4) is 0 Å². The molecule has 0 aliphatic carbocycles. The zero-order valence-corrected chi connectivity index (χ0v) is 14.8. The smallest absolute Gasteiger partial charge is 0.307 e. The van der Waals surface area contributed by atoms with Crippen LogP contribution < -0.4 is 4.13 Å². The third-order valence-corrected chi connectivity index (χ3v) is 5.49. The Morgan fingerprint density at radius 2 is 1.21 bits per heavy atom. The van der Waals surface area contributed by atoms with Crippen LogP contribution in [0, 0.1) is 0 Å². The van der Waals surface area contributed by atoms with Crippen molar-refractivity contribution in [2.24, 2.45) is 0 Å². The highest BCUT2D eigenvalue weighted by Gasteiger charge is 2.55. The van der Waals surface area contributed by atoms with Gasteiger partial charge in [-0.1, -0.05) is 30.8 Å². The number of hydrogen-bond donors (Lipinski definition) is 1. The zero-order chi connectivity index (χ0) is 19.8. The summed E-state index contributed by atoms with van der Waals surface area (Å²) >= 11 is 0. The molecule has 0 aliphatic rings. The van der Waals surface area contributed by atoms with Crippen molar-refractivity contribution in [2.75, 3.05) is 20.1 Å². The fourth-order valence-corrected chi connectivity index (χ4v) is 2.94. The van der Waals surface area contributed by atoms with E-state index in [1.54, 1.807) is 0 Å². The first-order valence-electron chi connectivity index (χ1n) is 6.61. The van der Waals surface area contributed by atoms with E-state index in [1.165, 1.54) is 32.4 Å². The van der Waals surface area contributed by atoms with Crippen molar-refractivity contribution in [2.45, 2.75) is 44.1 Å². The maximum Gasteiger partial charge on any atom is 0.512 e. The highest BCUT2D eigenvalue weighted by molar-refractivity contribution is 8.05. The number of nitrogens with one attached hydrogen (secondary N) is 1. The SMILES string of the molecule is CCCCCN(C)CC.O=S(=O)(NS(=O)(=O)C(F)(F)F)C(F)(F)F. The Hall–Kier alpha value is -0.600. The highest BCUT2D eigenvalue weighted by Crippen LogP contribution is 2.27. The molecule has 0 radical (unpaired) electrons. The van der Waals surface area contributed by atoms with Gasteiger partial charge in [0.1, 0.15) is 0 Å². The molecule has 1 N–H and O–H groups in total. The summed E-state index contributed by atoms with van der Waals surface area (Å²) in [5.74, 6) is 0. The van der Waals surface area contributed by atoms with Crippen molar-refractivity contribution in [1.29, 1.82) is 0 Å². The largest absolute Gasteiger partial charge is 0.512 e. The van der Waals surface area contributed by atoms with E-state index in [2.05, 4.69) is 25.8 Å². The molecular formula is C10H20F6N2O4S2. The van der Waals surface area contributed by atoms with E-state index in [1.807, 2.05) is 0 Å². The third kappa shape index (κ3) is 9.64. The molecule has 24 heavy (non-hydrogen) atoms. The molecule has 0 rings (SSSR count). The minimum atomic E-state index is -6.60. The molecule has 6 nitrogen and oxygen atoms in total. The molecule has 0 atom stereocenters. The Bertz CT molecular complexity index is 515. The number of rotatable bonds is 7. The molecule has 14 heteroatoms. The van der Waals surface area contributed by atoms with E-state index in [4.69, 9.17) is 0 Å². The van der Waals surface area contributed by atoms with Crippen LogP contribution in [-0.4, -0.2) is 52.9 Å². The zero-order valence-electron chi connectivity index (χ0n) is 13.2. The first kappa shape index (κ1) is 25.6. The first-order chi connectivity index (χ1) is 10.5. The Balaban J connectivity index is 0. The van der Waals surface area contributed by atoms with Crippen molar-refractivity contribution in [1.82, 2.24) is 9.03 Å². The number of sulfonamides is 2. The number of nitrogens with zero attached hydrogens (tertiary/aromatic N) is 1. The summed E-state index contributed by atoms with van der Waals surface area (Å²) in [7, 11) is -11.0. The maximum atomic E-state index is 11.5. The van der Waals surface area contributed by atoms with Gasteiger partial charge >= 0.3 is 31.1 Å². The van der Waals surface area contributed by atoms with Crippen LogP contribution in [0.2, 0.25) is 0 Å². The normalized spacial score (nSPS) is 13.6. The summed E-state index contributed by atoms with van der Waals surface area (Å²) in [6.07, 6.45) is 4.07. The summed E-state index contributed by atoms with van der Waals surface area (Å²) < 4.78 is 108. The van der Waals surface area contributed by atoms with Crippen molar-refractivity contribution >= 4 is 20.0 Å². The average Bonchev–Trinajstić information content (AvgIpc) is 2.35. The molecule has 0 aromatic carbocycles. The Morgan fingerprint density at radius 3 is 1.46 bits per heavy atom. The molecule has 0 saturated carbocycles. The molecule has 0 aliphatic heterocycles.